The van der Waals surface area contributed by atoms with E-state index >= 15 is 0 Å². The molecule has 8 nitrogen and oxygen atoms in total. The monoisotopic (exact) mass is 533 g/mol. The van der Waals surface area contributed by atoms with E-state index in [0.29, 0.717) is 23.7 Å². The van der Waals surface area contributed by atoms with Crippen LogP contribution >= 0.6 is 0 Å². The van der Waals surface area contributed by atoms with E-state index in [1.165, 1.54) is 43.2 Å². The highest BCUT2D eigenvalue weighted by atomic mass is 16.8. The summed E-state index contributed by atoms with van der Waals surface area (Å²) in [5, 5.41) is 12.9. The zero-order chi connectivity index (χ0) is 26.5. The Bertz CT molecular complexity index is 1190. The van der Waals surface area contributed by atoms with Gasteiger partial charge in [-0.15, -0.1) is 0 Å². The summed E-state index contributed by atoms with van der Waals surface area (Å²) < 4.78 is 23.5. The molecule has 39 heavy (non-hydrogen) atoms. The molecule has 0 atom stereocenters. The number of carbonyl (C=O) groups is 3. The van der Waals surface area contributed by atoms with E-state index in [4.69, 9.17) is 18.9 Å². The number of hydrogen-bond donors (Lipinski definition) is 0. The van der Waals surface area contributed by atoms with Crippen LogP contribution in [0.1, 0.15) is 64.2 Å². The lowest BCUT2D eigenvalue weighted by Crippen LogP contribution is -2.63. The van der Waals surface area contributed by atoms with Gasteiger partial charge in [-0.1, -0.05) is 18.2 Å². The van der Waals surface area contributed by atoms with Gasteiger partial charge in [0.05, 0.1) is 11.5 Å². The van der Waals surface area contributed by atoms with Crippen LogP contribution in [0.15, 0.2) is 47.5 Å². The average molecular weight is 534 g/mol. The summed E-state index contributed by atoms with van der Waals surface area (Å²) in [6, 6.07) is 0. The average Bonchev–Trinajstić information content (AvgIpc) is 2.87. The fourth-order valence-corrected chi connectivity index (χ4v) is 10.00. The summed E-state index contributed by atoms with van der Waals surface area (Å²) in [5.41, 5.74) is -0.320. The van der Waals surface area contributed by atoms with Gasteiger partial charge in [0.15, 0.2) is 5.79 Å². The molecule has 0 unspecified atom stereocenters. The quantitative estimate of drug-likeness (QED) is 0.234. The molecule has 0 aromatic rings. The van der Waals surface area contributed by atoms with Crippen molar-refractivity contribution in [3.63, 3.8) is 0 Å². The zero-order valence-electron chi connectivity index (χ0n) is 21.8. The van der Waals surface area contributed by atoms with Crippen LogP contribution in [0.5, 0.6) is 0 Å². The minimum absolute atomic E-state index is 0.0896. The molecule has 206 valence electrons. The summed E-state index contributed by atoms with van der Waals surface area (Å²) in [4.78, 5) is 38.6. The highest BCUT2D eigenvalue weighted by molar-refractivity contribution is 6.15. The van der Waals surface area contributed by atoms with Crippen LogP contribution in [0.3, 0.4) is 0 Å². The molecule has 1 saturated heterocycles. The lowest BCUT2D eigenvalue weighted by atomic mass is 9.53. The van der Waals surface area contributed by atoms with E-state index in [1.807, 2.05) is 0 Å². The van der Waals surface area contributed by atoms with Crippen molar-refractivity contribution in [2.75, 3.05) is 0 Å². The van der Waals surface area contributed by atoms with E-state index in [9.17, 15) is 19.5 Å². The van der Waals surface area contributed by atoms with Gasteiger partial charge in [0.1, 0.15) is 5.57 Å². The summed E-state index contributed by atoms with van der Waals surface area (Å²) in [6.45, 7) is 0. The van der Waals surface area contributed by atoms with Crippen molar-refractivity contribution in [2.24, 2.45) is 47.3 Å². The molecule has 10 aliphatic rings. The molecule has 2 spiro atoms. The first-order valence-corrected chi connectivity index (χ1v) is 14.7. The summed E-state index contributed by atoms with van der Waals surface area (Å²) in [5.74, 6) is -1.85. The second kappa shape index (κ2) is 8.24. The van der Waals surface area contributed by atoms with Crippen LogP contribution in [-0.2, 0) is 33.3 Å². The van der Waals surface area contributed by atoms with Crippen molar-refractivity contribution in [1.29, 1.82) is 0 Å². The van der Waals surface area contributed by atoms with Gasteiger partial charge in [-0.3, -0.25) is 0 Å². The van der Waals surface area contributed by atoms with Gasteiger partial charge in [0.2, 0.25) is 0 Å². The molecule has 0 aromatic heterocycles. The molecule has 2 aliphatic heterocycles. The molecule has 9 fully saturated rings. The molecule has 8 aliphatic carbocycles. The number of hydrogen-bond acceptors (Lipinski definition) is 8. The van der Waals surface area contributed by atoms with Crippen LogP contribution in [0.25, 0.3) is 0 Å². The summed E-state index contributed by atoms with van der Waals surface area (Å²) in [6.07, 6.45) is 17.3. The van der Waals surface area contributed by atoms with Crippen LogP contribution in [-0.4, -0.2) is 29.5 Å². The smallest absolute Gasteiger partial charge is 0.348 e. The predicted molar refractivity (Wildman–Crippen MR) is 132 cm³/mol. The Morgan fingerprint density at radius 1 is 0.564 bits per heavy atom. The summed E-state index contributed by atoms with van der Waals surface area (Å²) in [7, 11) is 0. The van der Waals surface area contributed by atoms with Crippen molar-refractivity contribution >= 4 is 17.9 Å². The van der Waals surface area contributed by atoms with E-state index in [2.05, 4.69) is 0 Å². The van der Waals surface area contributed by atoms with Gasteiger partial charge >= 0.3 is 17.9 Å². The van der Waals surface area contributed by atoms with Gasteiger partial charge in [-0.25, -0.2) is 14.4 Å². The Morgan fingerprint density at radius 2 is 1.00 bits per heavy atom. The van der Waals surface area contributed by atoms with E-state index < -0.39 is 35.4 Å². The number of ether oxygens (including phenoxy) is 4. The maximum absolute atomic E-state index is 12.9. The first kappa shape index (κ1) is 23.8. The number of carbonyl (C=O) groups excluding carboxylic acids is 3. The Morgan fingerprint density at radius 3 is 1.46 bits per heavy atom. The van der Waals surface area contributed by atoms with E-state index in [-0.39, 0.29) is 34.8 Å². The molecule has 8 heteroatoms. The lowest BCUT2D eigenvalue weighted by molar-refractivity contribution is -0.424. The normalized spacial score (nSPS) is 47.4. The maximum atomic E-state index is 12.9. The van der Waals surface area contributed by atoms with Crippen LogP contribution in [0.4, 0.5) is 0 Å². The van der Waals surface area contributed by atoms with Crippen molar-refractivity contribution in [3.05, 3.63) is 47.5 Å². The zero-order valence-corrected chi connectivity index (χ0v) is 21.8. The SMILES string of the molecule is O=C1OC2(OC(=O)C1=C/C=C/C=C/C1=C([O-])OC3(OC1=O)C1CC4CC(C1)CC3C4)C1CC3CC(C1)CC2C3. The van der Waals surface area contributed by atoms with E-state index in [0.717, 1.165) is 51.4 Å². The van der Waals surface area contributed by atoms with Crippen LogP contribution in [0, 0.1) is 47.3 Å². The highest BCUT2D eigenvalue weighted by Gasteiger charge is 2.64. The standard InChI is InChI=1S/C31H34O8/c32-26-24(27(33)37-30(36-26)20-8-16-6-17(10-20)11-21(30)9-16)4-2-1-3-5-25-28(34)38-31(39-29(25)35)22-12-18-7-19(14-22)15-23(31)13-18/h1-5,16-23,32H,6-15H2/p-1/b3-1+,4-2+,25-5?. The van der Waals surface area contributed by atoms with Crippen molar-refractivity contribution in [2.45, 2.75) is 75.8 Å². The van der Waals surface area contributed by atoms with E-state index in [1.54, 1.807) is 0 Å². The summed E-state index contributed by atoms with van der Waals surface area (Å²) >= 11 is 0. The Labute approximate surface area is 227 Å². The highest BCUT2D eigenvalue weighted by Crippen LogP contribution is 2.62. The van der Waals surface area contributed by atoms with Crippen LogP contribution in [0.2, 0.25) is 0 Å². The minimum atomic E-state index is -1.10. The minimum Gasteiger partial charge on any atom is -0.574 e. The molecular formula is C31H33O8-. The second-order valence-electron chi connectivity index (χ2n) is 13.3. The van der Waals surface area contributed by atoms with Gasteiger partial charge < -0.3 is 24.1 Å². The van der Waals surface area contributed by atoms with Gasteiger partial charge in [0.25, 0.3) is 5.79 Å². The molecular weight excluding hydrogens is 500 g/mol. The van der Waals surface area contributed by atoms with Crippen molar-refractivity contribution < 1.29 is 38.4 Å². The van der Waals surface area contributed by atoms with Crippen molar-refractivity contribution in [3.8, 4) is 0 Å². The van der Waals surface area contributed by atoms with Gasteiger partial charge in [-0.05, 0) is 100 Å². The molecule has 10 rings (SSSR count). The second-order valence-corrected chi connectivity index (χ2v) is 13.3. The fourth-order valence-electron chi connectivity index (χ4n) is 10.00. The molecule has 8 saturated carbocycles. The first-order valence-electron chi connectivity index (χ1n) is 14.7. The Kier molecular flexibility index (Phi) is 5.03. The number of esters is 3. The van der Waals surface area contributed by atoms with Crippen molar-refractivity contribution in [1.82, 2.24) is 0 Å². The molecule has 2 heterocycles. The molecule has 0 N–H and O–H groups in total. The Hall–Kier alpha value is -3.03. The molecule has 0 radical (unpaired) electrons. The fraction of sp³-hybridized carbons (Fsp3) is 0.645. The van der Waals surface area contributed by atoms with Gasteiger partial charge in [-0.2, -0.15) is 0 Å². The lowest BCUT2D eigenvalue weighted by Gasteiger charge is -2.63. The predicted octanol–water partition coefficient (Wildman–Crippen LogP) is 3.58. The topological polar surface area (TPSA) is 111 Å². The first-order chi connectivity index (χ1) is 18.8. The maximum Gasteiger partial charge on any atom is 0.348 e. The third-order valence-electron chi connectivity index (χ3n) is 11.2. The van der Waals surface area contributed by atoms with Crippen LogP contribution < -0.4 is 5.11 Å². The third kappa shape index (κ3) is 3.45. The Balaban J connectivity index is 0.948. The number of allylic oxidation sites excluding steroid dienone is 4. The number of rotatable bonds is 3. The van der Waals surface area contributed by atoms with Gasteiger partial charge in [0, 0.05) is 23.7 Å². The largest absolute Gasteiger partial charge is 0.574 e. The molecule has 0 amide bonds. The molecule has 8 bridgehead atoms. The third-order valence-corrected chi connectivity index (χ3v) is 11.2. The molecule has 0 aromatic carbocycles.